The number of sulfonamides is 1. The molecule has 1 aliphatic heterocycles. The van der Waals surface area contributed by atoms with E-state index in [-0.39, 0.29) is 11.1 Å². The van der Waals surface area contributed by atoms with Crippen molar-refractivity contribution in [1.82, 2.24) is 4.31 Å². The number of hydrogen-bond donors (Lipinski definition) is 1. The molecule has 0 aromatic heterocycles. The molecule has 1 N–H and O–H groups in total. The zero-order valence-corrected chi connectivity index (χ0v) is 12.4. The first-order valence-corrected chi connectivity index (χ1v) is 9.16. The molecule has 1 aromatic rings. The van der Waals surface area contributed by atoms with Gasteiger partial charge < -0.3 is 5.11 Å². The monoisotopic (exact) mass is 333 g/mol. The quantitative estimate of drug-likeness (QED) is 0.792. The number of carbonyl (C=O) groups excluding carboxylic acids is 1. The van der Waals surface area contributed by atoms with Crippen LogP contribution in [0.15, 0.2) is 23.1 Å². The molecule has 0 unspecified atom stereocenters. The van der Waals surface area contributed by atoms with Crippen LogP contribution in [0.5, 0.6) is 0 Å². The van der Waals surface area contributed by atoms with Gasteiger partial charge in [-0.15, -0.1) is 0 Å². The van der Waals surface area contributed by atoms with Crippen molar-refractivity contribution in [2.45, 2.75) is 4.90 Å². The normalized spacial score (nSPS) is 16.8. The number of aromatic carboxylic acids is 1. The molecule has 0 saturated heterocycles. The second kappa shape index (κ2) is 4.81. The van der Waals surface area contributed by atoms with Crippen molar-refractivity contribution in [3.8, 4) is 0 Å². The van der Waals surface area contributed by atoms with Crippen molar-refractivity contribution in [2.24, 2.45) is 0 Å². The van der Waals surface area contributed by atoms with Crippen LogP contribution in [0.4, 0.5) is 0 Å². The van der Waals surface area contributed by atoms with E-state index >= 15 is 0 Å². The van der Waals surface area contributed by atoms with Crippen molar-refractivity contribution in [1.29, 1.82) is 0 Å². The van der Waals surface area contributed by atoms with Gasteiger partial charge in [-0.1, -0.05) is 0 Å². The number of carboxylic acids is 1. The molecule has 1 aromatic carbocycles. The molecule has 2 rings (SSSR count). The third-order valence-corrected chi connectivity index (χ3v) is 5.67. The Balaban J connectivity index is 2.47. The molecule has 0 bridgehead atoms. The highest BCUT2D eigenvalue weighted by atomic mass is 32.2. The van der Waals surface area contributed by atoms with Gasteiger partial charge in [0.1, 0.15) is 14.7 Å². The summed E-state index contributed by atoms with van der Waals surface area (Å²) in [5.74, 6) is -2.68. The van der Waals surface area contributed by atoms with Crippen LogP contribution in [-0.4, -0.2) is 56.7 Å². The lowest BCUT2D eigenvalue weighted by Gasteiger charge is -2.13. The molecule has 0 saturated carbocycles. The van der Waals surface area contributed by atoms with Gasteiger partial charge in [-0.25, -0.2) is 25.9 Å². The van der Waals surface area contributed by atoms with Gasteiger partial charge in [0.15, 0.2) is 0 Å². The standard InChI is InChI=1S/C11H11NO7S2/c1-20(16,17)5-4-12-10(13)8-3-2-7(11(14)15)6-9(8)21(12,18)19/h2-3,6H,4-5H2,1H3,(H,14,15). The number of fused-ring (bicyclic) bond motifs is 1. The molecule has 0 spiro atoms. The molecule has 10 heteroatoms. The number of rotatable bonds is 4. The van der Waals surface area contributed by atoms with Crippen LogP contribution in [0.1, 0.15) is 20.7 Å². The molecule has 1 heterocycles. The zero-order valence-electron chi connectivity index (χ0n) is 10.8. The highest BCUT2D eigenvalue weighted by molar-refractivity contribution is 7.91. The van der Waals surface area contributed by atoms with Gasteiger partial charge in [-0.2, -0.15) is 0 Å². The Kier molecular flexibility index (Phi) is 3.54. The molecule has 8 nitrogen and oxygen atoms in total. The minimum absolute atomic E-state index is 0.159. The first-order chi connectivity index (χ1) is 9.54. The second-order valence-electron chi connectivity index (χ2n) is 4.53. The van der Waals surface area contributed by atoms with Gasteiger partial charge in [0, 0.05) is 6.26 Å². The predicted octanol–water partition coefficient (Wildman–Crippen LogP) is -0.426. The molecule has 0 atom stereocenters. The topological polar surface area (TPSA) is 126 Å². The summed E-state index contributed by atoms with van der Waals surface area (Å²) >= 11 is 0. The van der Waals surface area contributed by atoms with Crippen molar-refractivity contribution >= 4 is 31.7 Å². The van der Waals surface area contributed by atoms with Crippen molar-refractivity contribution in [3.05, 3.63) is 29.3 Å². The van der Waals surface area contributed by atoms with Crippen LogP contribution in [0, 0.1) is 0 Å². The van der Waals surface area contributed by atoms with Gasteiger partial charge in [0.2, 0.25) is 0 Å². The number of benzene rings is 1. The van der Waals surface area contributed by atoms with Crippen LogP contribution in [-0.2, 0) is 19.9 Å². The molecule has 1 aliphatic rings. The van der Waals surface area contributed by atoms with Crippen molar-refractivity contribution in [3.63, 3.8) is 0 Å². The average molecular weight is 333 g/mol. The summed E-state index contributed by atoms with van der Waals surface area (Å²) in [7, 11) is -7.66. The Hall–Kier alpha value is -1.94. The third-order valence-electron chi connectivity index (χ3n) is 2.92. The number of nitrogens with zero attached hydrogens (tertiary/aromatic N) is 1. The Labute approximate surface area is 121 Å². The minimum Gasteiger partial charge on any atom is -0.478 e. The second-order valence-corrected chi connectivity index (χ2v) is 8.62. The van der Waals surface area contributed by atoms with E-state index in [4.69, 9.17) is 5.11 Å². The van der Waals surface area contributed by atoms with Gasteiger partial charge in [0.25, 0.3) is 15.9 Å². The van der Waals surface area contributed by atoms with E-state index < -0.39 is 48.9 Å². The zero-order chi connectivity index (χ0) is 16.0. The van der Waals surface area contributed by atoms with E-state index in [2.05, 4.69) is 0 Å². The summed E-state index contributed by atoms with van der Waals surface area (Å²) < 4.78 is 47.1. The summed E-state index contributed by atoms with van der Waals surface area (Å²) in [6, 6.07) is 3.12. The molecule has 1 amide bonds. The maximum atomic E-state index is 12.2. The van der Waals surface area contributed by atoms with E-state index in [1.807, 2.05) is 0 Å². The number of carbonyl (C=O) groups is 2. The first kappa shape index (κ1) is 15.4. The molecular formula is C11H11NO7S2. The van der Waals surface area contributed by atoms with Gasteiger partial charge >= 0.3 is 5.97 Å². The van der Waals surface area contributed by atoms with Crippen LogP contribution in [0.3, 0.4) is 0 Å². The maximum absolute atomic E-state index is 12.2. The number of hydrogen-bond acceptors (Lipinski definition) is 6. The van der Waals surface area contributed by atoms with Crippen molar-refractivity contribution in [2.75, 3.05) is 18.6 Å². The average Bonchev–Trinajstić information content (AvgIpc) is 2.54. The fraction of sp³-hybridized carbons (Fsp3) is 0.273. The van der Waals surface area contributed by atoms with Crippen molar-refractivity contribution < 1.29 is 31.5 Å². The lowest BCUT2D eigenvalue weighted by molar-refractivity contribution is 0.0695. The fourth-order valence-electron chi connectivity index (χ4n) is 1.88. The van der Waals surface area contributed by atoms with Crippen LogP contribution in [0.25, 0.3) is 0 Å². The Morgan fingerprint density at radius 1 is 1.33 bits per heavy atom. The number of carboxylic acid groups (broad SMARTS) is 1. The SMILES string of the molecule is CS(=O)(=O)CCN1C(=O)c2ccc(C(=O)O)cc2S1(=O)=O. The summed E-state index contributed by atoms with van der Waals surface area (Å²) in [5.41, 5.74) is -0.427. The minimum atomic E-state index is -4.22. The fourth-order valence-corrected chi connectivity index (χ4v) is 4.10. The van der Waals surface area contributed by atoms with E-state index in [9.17, 15) is 26.4 Å². The first-order valence-electron chi connectivity index (χ1n) is 5.66. The lowest BCUT2D eigenvalue weighted by atomic mass is 10.1. The van der Waals surface area contributed by atoms with Crippen LogP contribution < -0.4 is 0 Å². The van der Waals surface area contributed by atoms with E-state index in [1.54, 1.807) is 0 Å². The summed E-state index contributed by atoms with van der Waals surface area (Å²) in [6.07, 6.45) is 0.926. The smallest absolute Gasteiger partial charge is 0.335 e. The van der Waals surface area contributed by atoms with Crippen LogP contribution in [0.2, 0.25) is 0 Å². The Bertz CT molecular complexity index is 839. The highest BCUT2D eigenvalue weighted by Crippen LogP contribution is 2.30. The van der Waals surface area contributed by atoms with Gasteiger partial charge in [0.05, 0.1) is 23.4 Å². The number of sulfone groups is 1. The van der Waals surface area contributed by atoms with Gasteiger partial charge in [-0.05, 0) is 18.2 Å². The predicted molar refractivity (Wildman–Crippen MR) is 71.3 cm³/mol. The maximum Gasteiger partial charge on any atom is 0.335 e. The molecule has 114 valence electrons. The Morgan fingerprint density at radius 2 is 1.95 bits per heavy atom. The largest absolute Gasteiger partial charge is 0.478 e. The lowest BCUT2D eigenvalue weighted by Crippen LogP contribution is -2.34. The summed E-state index contributed by atoms with van der Waals surface area (Å²) in [5, 5.41) is 8.86. The Morgan fingerprint density at radius 3 is 2.48 bits per heavy atom. The van der Waals surface area contributed by atoms with E-state index in [1.165, 1.54) is 0 Å². The number of amides is 1. The van der Waals surface area contributed by atoms with E-state index in [0.717, 1.165) is 24.5 Å². The summed E-state index contributed by atoms with van der Waals surface area (Å²) in [6.45, 7) is -0.503. The highest BCUT2D eigenvalue weighted by Gasteiger charge is 2.41. The van der Waals surface area contributed by atoms with Gasteiger partial charge in [-0.3, -0.25) is 4.79 Å². The van der Waals surface area contributed by atoms with Crippen LogP contribution >= 0.6 is 0 Å². The molecule has 0 fully saturated rings. The molecular weight excluding hydrogens is 322 g/mol. The summed E-state index contributed by atoms with van der Waals surface area (Å²) in [4.78, 5) is 22.5. The van der Waals surface area contributed by atoms with E-state index in [0.29, 0.717) is 4.31 Å². The molecule has 0 aliphatic carbocycles. The molecule has 0 radical (unpaired) electrons. The molecule has 21 heavy (non-hydrogen) atoms. The third kappa shape index (κ3) is 2.76.